The summed E-state index contributed by atoms with van der Waals surface area (Å²) in [6.45, 7) is 1.26. The Labute approximate surface area is 257 Å². The summed E-state index contributed by atoms with van der Waals surface area (Å²) in [5, 5.41) is 10.2. The molecule has 1 N–H and O–H groups in total. The molecule has 0 bridgehead atoms. The Morgan fingerprint density at radius 1 is 1.09 bits per heavy atom. The fraction of sp³-hybridized carbons (Fsp3) is 0.194. The van der Waals surface area contributed by atoms with Crippen LogP contribution < -0.4 is 4.74 Å². The Kier molecular flexibility index (Phi) is 7.58. The first-order valence-corrected chi connectivity index (χ1v) is 15.4. The van der Waals surface area contributed by atoms with Crippen molar-refractivity contribution in [3.63, 3.8) is 0 Å². The summed E-state index contributed by atoms with van der Waals surface area (Å²) in [5.74, 6) is -1.57. The number of benzene rings is 2. The predicted molar refractivity (Wildman–Crippen MR) is 161 cm³/mol. The van der Waals surface area contributed by atoms with Gasteiger partial charge >= 0.3 is 5.97 Å². The molecule has 7 rings (SSSR count). The Hall–Kier alpha value is -4.59. The highest BCUT2D eigenvalue weighted by Gasteiger charge is 2.24. The Balaban J connectivity index is 1.12. The summed E-state index contributed by atoms with van der Waals surface area (Å²) in [6.07, 6.45) is 4.35. The lowest BCUT2D eigenvalue weighted by Gasteiger charge is -2.27. The molecule has 1 saturated heterocycles. The molecule has 222 valence electrons. The van der Waals surface area contributed by atoms with Gasteiger partial charge in [-0.25, -0.2) is 28.5 Å². The lowest BCUT2D eigenvalue weighted by molar-refractivity contribution is -0.0589. The number of aromatic nitrogens is 5. The summed E-state index contributed by atoms with van der Waals surface area (Å²) in [6, 6.07) is 11.8. The summed E-state index contributed by atoms with van der Waals surface area (Å²) in [4.78, 5) is 31.1. The Bertz CT molecular complexity index is 1990. The monoisotopic (exact) mass is 631 g/mol. The summed E-state index contributed by atoms with van der Waals surface area (Å²) in [5.41, 5.74) is 3.39. The summed E-state index contributed by atoms with van der Waals surface area (Å²) in [7, 11) is 0. The van der Waals surface area contributed by atoms with Gasteiger partial charge in [0.15, 0.2) is 0 Å². The number of fused-ring (bicyclic) bond motifs is 1. The van der Waals surface area contributed by atoms with E-state index in [2.05, 4.69) is 19.9 Å². The van der Waals surface area contributed by atoms with Crippen molar-refractivity contribution in [2.75, 3.05) is 6.61 Å². The van der Waals surface area contributed by atoms with Gasteiger partial charge in [0.05, 0.1) is 50.2 Å². The van der Waals surface area contributed by atoms with E-state index in [1.165, 1.54) is 28.7 Å². The second-order valence-electron chi connectivity index (χ2n) is 10.2. The minimum atomic E-state index is -1.06. The first-order chi connectivity index (χ1) is 21.4. The minimum absolute atomic E-state index is 0.000748. The van der Waals surface area contributed by atoms with E-state index < -0.39 is 17.6 Å². The normalized spacial score (nSPS) is 14.5. The maximum absolute atomic E-state index is 15.5. The van der Waals surface area contributed by atoms with Gasteiger partial charge in [-0.3, -0.25) is 4.98 Å². The largest absolute Gasteiger partial charge is 0.478 e. The summed E-state index contributed by atoms with van der Waals surface area (Å²) < 4.78 is 44.2. The van der Waals surface area contributed by atoms with Gasteiger partial charge in [-0.1, -0.05) is 6.07 Å². The van der Waals surface area contributed by atoms with Gasteiger partial charge in [-0.05, 0) is 48.4 Å². The number of hydrogen-bond donors (Lipinski definition) is 1. The second kappa shape index (κ2) is 11.8. The average Bonchev–Trinajstić information content (AvgIpc) is 3.76. The van der Waals surface area contributed by atoms with E-state index in [4.69, 9.17) is 9.47 Å². The molecule has 1 aliphatic heterocycles. The zero-order chi connectivity index (χ0) is 30.2. The highest BCUT2D eigenvalue weighted by Crippen LogP contribution is 2.31. The average molecular weight is 632 g/mol. The molecule has 1 aliphatic rings. The van der Waals surface area contributed by atoms with Crippen LogP contribution >= 0.6 is 22.7 Å². The van der Waals surface area contributed by atoms with E-state index in [9.17, 15) is 9.90 Å². The smallest absolute Gasteiger partial charge is 0.335 e. The molecule has 1 atom stereocenters. The molecule has 0 aliphatic carbocycles. The van der Waals surface area contributed by atoms with Crippen molar-refractivity contribution in [3.8, 4) is 26.9 Å². The standard InChI is InChI=1S/C31H23F2N5O4S2/c32-21-11-20(23-2-1-3-29(37-23)42-15-30-35-13-27(44-30)26-12-34-16-43-26)22(33)8-18(21)10-28-36-24-5-4-17(31(39)40)9-25(24)38(28)14-19-6-7-41-19/h1-5,8-9,11-13,16,19H,6-7,10,14-15H2,(H,39,40)/t19-/m0/s1. The van der Waals surface area contributed by atoms with Crippen molar-refractivity contribution in [1.29, 1.82) is 0 Å². The number of thiazole rings is 2. The molecular formula is C31H23F2N5O4S2. The number of carbonyl (C=O) groups is 1. The SMILES string of the molecule is O=C(O)c1ccc2nc(Cc3cc(F)c(-c4cccc(OCc5ncc(-c6cncs6)s5)n4)cc3F)n(C[C@@H]3CCO3)c2c1. The number of carboxylic acids is 1. The number of nitrogens with zero attached hydrogens (tertiary/aromatic N) is 5. The zero-order valence-corrected chi connectivity index (χ0v) is 24.6. The van der Waals surface area contributed by atoms with Gasteiger partial charge in [0, 0.05) is 37.1 Å². The van der Waals surface area contributed by atoms with Crippen LogP contribution in [-0.2, 0) is 24.3 Å². The van der Waals surface area contributed by atoms with E-state index >= 15 is 8.78 Å². The van der Waals surface area contributed by atoms with Crippen LogP contribution in [0.4, 0.5) is 8.78 Å². The van der Waals surface area contributed by atoms with Crippen LogP contribution in [0, 0.1) is 11.6 Å². The number of rotatable bonds is 10. The molecule has 0 amide bonds. The van der Waals surface area contributed by atoms with E-state index in [0.29, 0.717) is 30.0 Å². The highest BCUT2D eigenvalue weighted by atomic mass is 32.1. The van der Waals surface area contributed by atoms with Crippen molar-refractivity contribution in [3.05, 3.63) is 100 Å². The molecule has 4 aromatic heterocycles. The highest BCUT2D eigenvalue weighted by molar-refractivity contribution is 7.20. The van der Waals surface area contributed by atoms with Crippen LogP contribution in [-0.4, -0.2) is 48.3 Å². The van der Waals surface area contributed by atoms with Gasteiger partial charge in [0.2, 0.25) is 5.88 Å². The lowest BCUT2D eigenvalue weighted by Crippen LogP contribution is -2.31. The minimum Gasteiger partial charge on any atom is -0.478 e. The molecule has 9 nitrogen and oxygen atoms in total. The van der Waals surface area contributed by atoms with Crippen molar-refractivity contribution in [2.45, 2.75) is 32.1 Å². The quantitative estimate of drug-likeness (QED) is 0.180. The fourth-order valence-corrected chi connectivity index (χ4v) is 6.51. The van der Waals surface area contributed by atoms with Crippen molar-refractivity contribution < 1.29 is 28.2 Å². The number of aromatic carboxylic acids is 1. The third kappa shape index (κ3) is 5.68. The van der Waals surface area contributed by atoms with Crippen molar-refractivity contribution in [2.24, 2.45) is 0 Å². The maximum Gasteiger partial charge on any atom is 0.335 e. The summed E-state index contributed by atoms with van der Waals surface area (Å²) >= 11 is 3.01. The second-order valence-corrected chi connectivity index (χ2v) is 12.2. The van der Waals surface area contributed by atoms with E-state index in [0.717, 1.165) is 33.3 Å². The third-order valence-electron chi connectivity index (χ3n) is 7.31. The number of carboxylic acid groups (broad SMARTS) is 1. The topological polar surface area (TPSA) is 112 Å². The maximum atomic E-state index is 15.5. The number of pyridine rings is 1. The van der Waals surface area contributed by atoms with E-state index in [-0.39, 0.29) is 47.4 Å². The van der Waals surface area contributed by atoms with Crippen LogP contribution in [0.1, 0.15) is 33.2 Å². The first kappa shape index (κ1) is 28.2. The Morgan fingerprint density at radius 2 is 1.98 bits per heavy atom. The molecule has 44 heavy (non-hydrogen) atoms. The predicted octanol–water partition coefficient (Wildman–Crippen LogP) is 6.61. The molecule has 6 aromatic rings. The fourth-order valence-electron chi connectivity index (χ4n) is 4.98. The molecule has 0 spiro atoms. The van der Waals surface area contributed by atoms with Crippen molar-refractivity contribution in [1.82, 2.24) is 24.5 Å². The number of hydrogen-bond acceptors (Lipinski definition) is 9. The number of halogens is 2. The van der Waals surface area contributed by atoms with E-state index in [1.807, 2.05) is 4.57 Å². The van der Waals surface area contributed by atoms with Gasteiger partial charge < -0.3 is 19.1 Å². The van der Waals surface area contributed by atoms with Gasteiger partial charge in [0.25, 0.3) is 0 Å². The molecule has 13 heteroatoms. The van der Waals surface area contributed by atoms with Gasteiger partial charge in [-0.2, -0.15) is 0 Å². The Morgan fingerprint density at radius 3 is 2.75 bits per heavy atom. The molecule has 5 heterocycles. The third-order valence-corrected chi connectivity index (χ3v) is 9.25. The molecule has 0 radical (unpaired) electrons. The van der Waals surface area contributed by atoms with Crippen LogP contribution in [0.5, 0.6) is 5.88 Å². The van der Waals surface area contributed by atoms with E-state index in [1.54, 1.807) is 48.2 Å². The van der Waals surface area contributed by atoms with Gasteiger partial charge in [-0.15, -0.1) is 22.7 Å². The zero-order valence-electron chi connectivity index (χ0n) is 22.9. The van der Waals surface area contributed by atoms with Crippen LogP contribution in [0.3, 0.4) is 0 Å². The molecule has 0 unspecified atom stereocenters. The number of imidazole rings is 1. The molecule has 1 fully saturated rings. The van der Waals surface area contributed by atoms with Crippen LogP contribution in [0.2, 0.25) is 0 Å². The van der Waals surface area contributed by atoms with Gasteiger partial charge in [0.1, 0.15) is 29.1 Å². The molecular weight excluding hydrogens is 609 g/mol. The lowest BCUT2D eigenvalue weighted by atomic mass is 10.0. The molecule has 0 saturated carbocycles. The molecule has 2 aromatic carbocycles. The van der Waals surface area contributed by atoms with Crippen LogP contribution in [0.15, 0.2) is 66.4 Å². The van der Waals surface area contributed by atoms with Crippen LogP contribution in [0.25, 0.3) is 32.0 Å². The van der Waals surface area contributed by atoms with Crippen molar-refractivity contribution >= 4 is 39.7 Å². The number of ether oxygens (including phenoxy) is 2. The first-order valence-electron chi connectivity index (χ1n) is 13.7.